The molecule has 8 nitrogen and oxygen atoms in total. The minimum atomic E-state index is -1.47. The van der Waals surface area contributed by atoms with E-state index in [-0.39, 0.29) is 42.4 Å². The first-order chi connectivity index (χ1) is 14.3. The van der Waals surface area contributed by atoms with Crippen molar-refractivity contribution in [2.24, 2.45) is 0 Å². The average Bonchev–Trinajstić information content (AvgIpc) is 2.74. The molecule has 0 bridgehead atoms. The number of aromatic nitrogens is 2. The quantitative estimate of drug-likeness (QED) is 0.253. The number of ether oxygens (including phenoxy) is 1. The first-order valence-corrected chi connectivity index (χ1v) is 10.5. The highest BCUT2D eigenvalue weighted by Gasteiger charge is 2.19. The lowest BCUT2D eigenvalue weighted by molar-refractivity contribution is -0.122. The molecule has 0 saturated carbocycles. The summed E-state index contributed by atoms with van der Waals surface area (Å²) < 4.78 is 17.2. The van der Waals surface area contributed by atoms with Crippen LogP contribution in [0.4, 0.5) is 4.39 Å². The smallest absolute Gasteiger partial charge is 0.271 e. The fourth-order valence-electron chi connectivity index (χ4n) is 1.89. The van der Waals surface area contributed by atoms with E-state index in [2.05, 4.69) is 33.5 Å². The van der Waals surface area contributed by atoms with Crippen molar-refractivity contribution in [1.29, 1.82) is 0 Å². The normalized spacial score (nSPS) is 13.4. The van der Waals surface area contributed by atoms with E-state index >= 15 is 0 Å². The van der Waals surface area contributed by atoms with Crippen LogP contribution in [-0.4, -0.2) is 45.9 Å². The average molecular weight is 457 g/mol. The number of amides is 2. The third kappa shape index (κ3) is 9.73. The zero-order valence-corrected chi connectivity index (χ0v) is 18.0. The molecule has 1 rings (SSSR count). The van der Waals surface area contributed by atoms with Crippen molar-refractivity contribution >= 4 is 31.5 Å². The number of aliphatic hydroxyl groups excluding tert-OH is 1. The number of hydrogen-bond acceptors (Lipinski definition) is 6. The predicted molar refractivity (Wildman–Crippen MR) is 114 cm³/mol. The standard InChI is InChI=1S/C19H23ClFN4O4P/c1-4-30(25-17(26)12-29-14(3)5-6-15(20)9-21)18(27)7-8-22-19(28)16-11-23-13(2)10-24-16/h4-6,9-11,18,27H,1,3,7-8,12H2,2H3,(H,22,28)(H,25,26)/b6-5-,15-9-. The van der Waals surface area contributed by atoms with Gasteiger partial charge in [-0.05, 0) is 31.3 Å². The molecule has 0 fully saturated rings. The Labute approximate surface area is 180 Å². The minimum Gasteiger partial charge on any atom is -0.484 e. The summed E-state index contributed by atoms with van der Waals surface area (Å²) in [6.07, 6.45) is 5.76. The van der Waals surface area contributed by atoms with Gasteiger partial charge in [0.1, 0.15) is 17.8 Å². The van der Waals surface area contributed by atoms with Gasteiger partial charge >= 0.3 is 0 Å². The molecule has 0 radical (unpaired) electrons. The highest BCUT2D eigenvalue weighted by molar-refractivity contribution is 7.60. The van der Waals surface area contributed by atoms with Gasteiger partial charge in [0.25, 0.3) is 11.8 Å². The summed E-state index contributed by atoms with van der Waals surface area (Å²) in [5, 5.41) is 15.4. The molecule has 1 aromatic rings. The zero-order valence-electron chi connectivity index (χ0n) is 16.3. The topological polar surface area (TPSA) is 113 Å². The number of rotatable bonds is 12. The van der Waals surface area contributed by atoms with E-state index in [1.165, 1.54) is 30.4 Å². The van der Waals surface area contributed by atoms with Crippen molar-refractivity contribution in [3.8, 4) is 0 Å². The van der Waals surface area contributed by atoms with Crippen molar-refractivity contribution in [1.82, 2.24) is 20.4 Å². The number of carbonyl (C=O) groups is 2. The van der Waals surface area contributed by atoms with Crippen molar-refractivity contribution in [2.45, 2.75) is 19.2 Å². The molecular weight excluding hydrogens is 434 g/mol. The van der Waals surface area contributed by atoms with Crippen LogP contribution in [0.5, 0.6) is 0 Å². The molecule has 0 saturated heterocycles. The molecule has 0 spiro atoms. The van der Waals surface area contributed by atoms with Crippen LogP contribution in [-0.2, 0) is 9.53 Å². The second-order valence-electron chi connectivity index (χ2n) is 5.78. The largest absolute Gasteiger partial charge is 0.484 e. The number of aliphatic hydroxyl groups is 1. The monoisotopic (exact) mass is 456 g/mol. The van der Waals surface area contributed by atoms with Crippen LogP contribution >= 0.6 is 19.7 Å². The number of hydrogen-bond donors (Lipinski definition) is 3. The lowest BCUT2D eigenvalue weighted by Gasteiger charge is -2.21. The van der Waals surface area contributed by atoms with E-state index in [1.807, 2.05) is 0 Å². The number of nitrogens with zero attached hydrogens (tertiary/aromatic N) is 2. The SMILES string of the molecule is C=CP(NC(=O)COC(=C)/C=C\C(Cl)=C\F)C(O)CCNC(=O)c1cnc(C)cn1. The Morgan fingerprint density at radius 2 is 2.13 bits per heavy atom. The van der Waals surface area contributed by atoms with Gasteiger partial charge in [0.15, 0.2) is 6.61 Å². The van der Waals surface area contributed by atoms with Gasteiger partial charge < -0.3 is 20.2 Å². The van der Waals surface area contributed by atoms with E-state index in [0.717, 1.165) is 0 Å². The van der Waals surface area contributed by atoms with Crippen molar-refractivity contribution in [3.05, 3.63) is 72.0 Å². The zero-order chi connectivity index (χ0) is 22.5. The fourth-order valence-corrected chi connectivity index (χ4v) is 3.19. The summed E-state index contributed by atoms with van der Waals surface area (Å²) in [7, 11) is -1.47. The molecule has 1 aromatic heterocycles. The maximum atomic E-state index is 12.1. The van der Waals surface area contributed by atoms with Crippen LogP contribution in [0.25, 0.3) is 0 Å². The Morgan fingerprint density at radius 1 is 1.40 bits per heavy atom. The molecule has 2 atom stereocenters. The summed E-state index contributed by atoms with van der Waals surface area (Å²) in [6, 6.07) is 0. The molecule has 162 valence electrons. The van der Waals surface area contributed by atoms with Crippen LogP contribution in [0, 0.1) is 6.92 Å². The molecular formula is C19H23ClFN4O4P. The van der Waals surface area contributed by atoms with Crippen LogP contribution in [0.2, 0.25) is 0 Å². The number of nitrogens with one attached hydrogen (secondary N) is 2. The number of allylic oxidation sites excluding steroid dienone is 3. The van der Waals surface area contributed by atoms with Crippen molar-refractivity contribution < 1.29 is 23.8 Å². The molecule has 1 heterocycles. The maximum absolute atomic E-state index is 12.1. The second kappa shape index (κ2) is 13.6. The summed E-state index contributed by atoms with van der Waals surface area (Å²) in [5.74, 6) is -0.297. The second-order valence-corrected chi connectivity index (χ2v) is 8.21. The molecule has 11 heteroatoms. The van der Waals surface area contributed by atoms with Gasteiger partial charge in [-0.3, -0.25) is 14.6 Å². The first-order valence-electron chi connectivity index (χ1n) is 8.67. The van der Waals surface area contributed by atoms with Gasteiger partial charge in [-0.25, -0.2) is 9.37 Å². The molecule has 3 N–H and O–H groups in total. The minimum absolute atomic E-state index is 0.107. The highest BCUT2D eigenvalue weighted by atomic mass is 35.5. The van der Waals surface area contributed by atoms with Gasteiger partial charge in [-0.15, -0.1) is 0 Å². The Hall–Kier alpha value is -2.61. The molecule has 0 aliphatic rings. The fraction of sp³-hybridized carbons (Fsp3) is 0.263. The summed E-state index contributed by atoms with van der Waals surface area (Å²) in [4.78, 5) is 31.9. The van der Waals surface area contributed by atoms with Gasteiger partial charge in [0.2, 0.25) is 0 Å². The molecule has 2 unspecified atom stereocenters. The number of halogens is 2. The molecule has 0 aliphatic heterocycles. The predicted octanol–water partition coefficient (Wildman–Crippen LogP) is 3.02. The Bertz CT molecular complexity index is 817. The van der Waals surface area contributed by atoms with Gasteiger partial charge in [-0.2, -0.15) is 0 Å². The van der Waals surface area contributed by atoms with Crippen LogP contribution in [0.15, 0.2) is 60.6 Å². The molecule has 0 aromatic carbocycles. The van der Waals surface area contributed by atoms with Gasteiger partial charge in [0.05, 0.1) is 22.8 Å². The van der Waals surface area contributed by atoms with E-state index < -0.39 is 25.7 Å². The van der Waals surface area contributed by atoms with E-state index in [1.54, 1.807) is 6.92 Å². The third-order valence-electron chi connectivity index (χ3n) is 3.39. The lowest BCUT2D eigenvalue weighted by atomic mass is 10.3. The molecule has 0 aliphatic carbocycles. The van der Waals surface area contributed by atoms with Crippen LogP contribution in [0.1, 0.15) is 22.6 Å². The molecule has 2 amide bonds. The van der Waals surface area contributed by atoms with E-state index in [4.69, 9.17) is 16.3 Å². The first kappa shape index (κ1) is 25.4. The summed E-state index contributed by atoms with van der Waals surface area (Å²) >= 11 is 5.45. The van der Waals surface area contributed by atoms with Crippen LogP contribution < -0.4 is 10.4 Å². The van der Waals surface area contributed by atoms with Crippen molar-refractivity contribution in [3.63, 3.8) is 0 Å². The van der Waals surface area contributed by atoms with E-state index in [9.17, 15) is 19.1 Å². The van der Waals surface area contributed by atoms with Gasteiger partial charge in [-0.1, -0.05) is 24.8 Å². The Balaban J connectivity index is 2.40. The Kier molecular flexibility index (Phi) is 11.5. The third-order valence-corrected chi connectivity index (χ3v) is 5.40. The summed E-state index contributed by atoms with van der Waals surface area (Å²) in [5.41, 5.74) is 0.863. The Morgan fingerprint density at radius 3 is 2.73 bits per heavy atom. The van der Waals surface area contributed by atoms with E-state index in [0.29, 0.717) is 5.69 Å². The summed E-state index contributed by atoms with van der Waals surface area (Å²) in [6.45, 7) is 8.72. The number of carbonyl (C=O) groups excluding carboxylic acids is 2. The van der Waals surface area contributed by atoms with Gasteiger partial charge in [0, 0.05) is 20.8 Å². The van der Waals surface area contributed by atoms with Crippen LogP contribution in [0.3, 0.4) is 0 Å². The highest BCUT2D eigenvalue weighted by Crippen LogP contribution is 2.37. The number of aryl methyl sites for hydroxylation is 1. The lowest BCUT2D eigenvalue weighted by Crippen LogP contribution is -2.30. The molecule has 30 heavy (non-hydrogen) atoms. The van der Waals surface area contributed by atoms with Crippen molar-refractivity contribution in [2.75, 3.05) is 13.2 Å². The maximum Gasteiger partial charge on any atom is 0.271 e.